The molecule has 0 radical (unpaired) electrons. The molecular formula is C23H26O4. The summed E-state index contributed by atoms with van der Waals surface area (Å²) in [6.07, 6.45) is 8.38. The van der Waals surface area contributed by atoms with Crippen LogP contribution in [-0.2, 0) is 4.79 Å². The normalized spacial score (nSPS) is 10.7. The van der Waals surface area contributed by atoms with E-state index in [0.29, 0.717) is 23.5 Å². The molecule has 4 heteroatoms. The fraction of sp³-hybridized carbons (Fsp3) is 0.304. The highest BCUT2D eigenvalue weighted by Crippen LogP contribution is 2.17. The smallest absolute Gasteiger partial charge is 0.343 e. The van der Waals surface area contributed by atoms with Gasteiger partial charge in [0.25, 0.3) is 0 Å². The first kappa shape index (κ1) is 20.4. The molecule has 0 bridgehead atoms. The van der Waals surface area contributed by atoms with Crippen molar-refractivity contribution in [3.8, 4) is 11.5 Å². The Labute approximate surface area is 160 Å². The van der Waals surface area contributed by atoms with Gasteiger partial charge >= 0.3 is 5.97 Å². The van der Waals surface area contributed by atoms with Crippen LogP contribution < -0.4 is 9.47 Å². The van der Waals surface area contributed by atoms with Crippen molar-refractivity contribution >= 4 is 17.8 Å². The first-order valence-electron chi connectivity index (χ1n) is 9.29. The van der Waals surface area contributed by atoms with Gasteiger partial charge in [0.2, 0.25) is 0 Å². The summed E-state index contributed by atoms with van der Waals surface area (Å²) in [5.41, 5.74) is 1.34. The van der Waals surface area contributed by atoms with Crippen molar-refractivity contribution in [2.75, 3.05) is 7.11 Å². The summed E-state index contributed by atoms with van der Waals surface area (Å²) in [5, 5.41) is 0. The van der Waals surface area contributed by atoms with Crippen LogP contribution in [0.3, 0.4) is 0 Å². The summed E-state index contributed by atoms with van der Waals surface area (Å²) in [7, 11) is 1.57. The third-order valence-corrected chi connectivity index (χ3v) is 4.15. The monoisotopic (exact) mass is 366 g/mol. The summed E-state index contributed by atoms with van der Waals surface area (Å²) in [5.74, 6) is 0.853. The lowest BCUT2D eigenvalue weighted by atomic mass is 10.1. The van der Waals surface area contributed by atoms with E-state index < -0.39 is 5.97 Å². The van der Waals surface area contributed by atoms with Crippen LogP contribution in [0.15, 0.2) is 54.6 Å². The minimum atomic E-state index is -0.428. The summed E-state index contributed by atoms with van der Waals surface area (Å²) in [6, 6.07) is 13.8. The highest BCUT2D eigenvalue weighted by atomic mass is 16.5. The highest BCUT2D eigenvalue weighted by molar-refractivity contribution is 5.93. The maximum Gasteiger partial charge on any atom is 0.343 e. The van der Waals surface area contributed by atoms with Crippen LogP contribution in [0.5, 0.6) is 11.5 Å². The zero-order chi connectivity index (χ0) is 19.5. The van der Waals surface area contributed by atoms with E-state index in [2.05, 4.69) is 6.92 Å². The molecule has 0 heterocycles. The van der Waals surface area contributed by atoms with Crippen molar-refractivity contribution < 1.29 is 19.1 Å². The molecule has 0 aliphatic heterocycles. The SMILES string of the molecule is CCCCCCC(=O)/C=C/c1ccc(OC(=O)c2ccc(OC)cc2)cc1. The van der Waals surface area contributed by atoms with E-state index in [1.165, 1.54) is 12.8 Å². The lowest BCUT2D eigenvalue weighted by molar-refractivity contribution is -0.114. The van der Waals surface area contributed by atoms with Crippen molar-refractivity contribution in [3.05, 3.63) is 65.7 Å². The van der Waals surface area contributed by atoms with Gasteiger partial charge in [-0.3, -0.25) is 4.79 Å². The summed E-state index contributed by atoms with van der Waals surface area (Å²) in [4.78, 5) is 24.0. The van der Waals surface area contributed by atoms with Crippen LogP contribution in [0.2, 0.25) is 0 Å². The quantitative estimate of drug-likeness (QED) is 0.242. The first-order valence-corrected chi connectivity index (χ1v) is 9.29. The van der Waals surface area contributed by atoms with Gasteiger partial charge in [0.1, 0.15) is 11.5 Å². The van der Waals surface area contributed by atoms with Gasteiger partial charge in [-0.1, -0.05) is 44.4 Å². The molecule has 142 valence electrons. The molecule has 0 aliphatic carbocycles. The molecule has 2 aromatic rings. The van der Waals surface area contributed by atoms with Crippen LogP contribution in [0.4, 0.5) is 0 Å². The molecule has 2 rings (SSSR count). The van der Waals surface area contributed by atoms with Crippen molar-refractivity contribution in [2.24, 2.45) is 0 Å². The van der Waals surface area contributed by atoms with E-state index in [-0.39, 0.29) is 5.78 Å². The van der Waals surface area contributed by atoms with E-state index >= 15 is 0 Å². The van der Waals surface area contributed by atoms with Crippen molar-refractivity contribution in [1.29, 1.82) is 0 Å². The van der Waals surface area contributed by atoms with Crippen molar-refractivity contribution in [2.45, 2.75) is 39.0 Å². The Bertz CT molecular complexity index is 758. The fourth-order valence-corrected chi connectivity index (χ4v) is 2.54. The third kappa shape index (κ3) is 7.10. The van der Waals surface area contributed by atoms with E-state index in [9.17, 15) is 9.59 Å². The molecule has 0 aromatic heterocycles. The molecule has 0 aliphatic rings. The summed E-state index contributed by atoms with van der Waals surface area (Å²) < 4.78 is 10.4. The molecule has 0 spiro atoms. The van der Waals surface area contributed by atoms with Gasteiger partial charge in [0.15, 0.2) is 5.78 Å². The lowest BCUT2D eigenvalue weighted by Gasteiger charge is -2.05. The standard InChI is InChI=1S/C23H26O4/c1-3-4-5-6-7-20(24)13-8-18-9-14-22(15-10-18)27-23(25)19-11-16-21(26-2)17-12-19/h8-17H,3-7H2,1-2H3/b13-8+. The molecule has 0 N–H and O–H groups in total. The van der Waals surface area contributed by atoms with Gasteiger partial charge in [-0.25, -0.2) is 4.79 Å². The molecule has 0 saturated heterocycles. The Kier molecular flexibility index (Phi) is 8.30. The number of rotatable bonds is 10. The Morgan fingerprint density at radius 1 is 0.889 bits per heavy atom. The number of benzene rings is 2. The number of carbonyl (C=O) groups excluding carboxylic acids is 2. The van der Waals surface area contributed by atoms with E-state index in [4.69, 9.17) is 9.47 Å². The predicted molar refractivity (Wildman–Crippen MR) is 107 cm³/mol. The lowest BCUT2D eigenvalue weighted by Crippen LogP contribution is -2.08. The number of ketones is 1. The molecule has 0 fully saturated rings. The zero-order valence-corrected chi connectivity index (χ0v) is 15.9. The molecular weight excluding hydrogens is 340 g/mol. The molecule has 2 aromatic carbocycles. The summed E-state index contributed by atoms with van der Waals surface area (Å²) >= 11 is 0. The predicted octanol–water partition coefficient (Wildman–Crippen LogP) is 5.47. The maximum absolute atomic E-state index is 12.1. The maximum atomic E-state index is 12.1. The third-order valence-electron chi connectivity index (χ3n) is 4.15. The van der Waals surface area contributed by atoms with Crippen molar-refractivity contribution in [3.63, 3.8) is 0 Å². The molecule has 0 amide bonds. The van der Waals surface area contributed by atoms with Gasteiger partial charge in [-0.05, 0) is 54.5 Å². The van der Waals surface area contributed by atoms with Crippen LogP contribution in [0, 0.1) is 0 Å². The number of unbranched alkanes of at least 4 members (excludes halogenated alkanes) is 3. The molecule has 4 nitrogen and oxygen atoms in total. The second-order valence-electron chi connectivity index (χ2n) is 6.30. The second kappa shape index (κ2) is 11.0. The van der Waals surface area contributed by atoms with Crippen LogP contribution >= 0.6 is 0 Å². The minimum Gasteiger partial charge on any atom is -0.497 e. The van der Waals surface area contributed by atoms with E-state index in [1.54, 1.807) is 55.7 Å². The van der Waals surface area contributed by atoms with Gasteiger partial charge in [0.05, 0.1) is 12.7 Å². The number of ether oxygens (including phenoxy) is 2. The molecule has 0 unspecified atom stereocenters. The van der Waals surface area contributed by atoms with Gasteiger partial charge in [-0.15, -0.1) is 0 Å². The average molecular weight is 366 g/mol. The topological polar surface area (TPSA) is 52.6 Å². The Hall–Kier alpha value is -2.88. The van der Waals surface area contributed by atoms with Crippen LogP contribution in [0.25, 0.3) is 6.08 Å². The highest BCUT2D eigenvalue weighted by Gasteiger charge is 2.08. The van der Waals surface area contributed by atoms with Crippen LogP contribution in [0.1, 0.15) is 54.9 Å². The zero-order valence-electron chi connectivity index (χ0n) is 15.9. The first-order chi connectivity index (χ1) is 13.1. The van der Waals surface area contributed by atoms with Crippen LogP contribution in [-0.4, -0.2) is 18.9 Å². The number of methoxy groups -OCH3 is 1. The number of allylic oxidation sites excluding steroid dienone is 1. The number of carbonyl (C=O) groups is 2. The Balaban J connectivity index is 1.85. The van der Waals surface area contributed by atoms with E-state index in [1.807, 2.05) is 12.1 Å². The molecule has 0 atom stereocenters. The fourth-order valence-electron chi connectivity index (χ4n) is 2.54. The largest absolute Gasteiger partial charge is 0.497 e. The second-order valence-corrected chi connectivity index (χ2v) is 6.30. The number of esters is 1. The Morgan fingerprint density at radius 2 is 1.56 bits per heavy atom. The number of hydrogen-bond acceptors (Lipinski definition) is 4. The molecule has 0 saturated carbocycles. The van der Waals surface area contributed by atoms with Gasteiger partial charge < -0.3 is 9.47 Å². The minimum absolute atomic E-state index is 0.140. The van der Waals surface area contributed by atoms with Crippen molar-refractivity contribution in [1.82, 2.24) is 0 Å². The Morgan fingerprint density at radius 3 is 2.19 bits per heavy atom. The summed E-state index contributed by atoms with van der Waals surface area (Å²) in [6.45, 7) is 2.15. The van der Waals surface area contributed by atoms with Gasteiger partial charge in [0, 0.05) is 6.42 Å². The molecule has 27 heavy (non-hydrogen) atoms. The van der Waals surface area contributed by atoms with E-state index in [0.717, 1.165) is 18.4 Å². The average Bonchev–Trinajstić information content (AvgIpc) is 2.70. The number of hydrogen-bond donors (Lipinski definition) is 0. The van der Waals surface area contributed by atoms with Gasteiger partial charge in [-0.2, -0.15) is 0 Å².